The molecule has 0 fully saturated rings. The second-order valence-corrected chi connectivity index (χ2v) is 6.36. The molecule has 0 amide bonds. The molecule has 21 heavy (non-hydrogen) atoms. The van der Waals surface area contributed by atoms with Gasteiger partial charge in [0.15, 0.2) is 0 Å². The first-order chi connectivity index (χ1) is 10.2. The fourth-order valence-electron chi connectivity index (χ4n) is 1.90. The molecule has 0 bridgehead atoms. The van der Waals surface area contributed by atoms with Crippen LogP contribution >= 0.6 is 11.8 Å². The van der Waals surface area contributed by atoms with Gasteiger partial charge in [-0.1, -0.05) is 44.2 Å². The summed E-state index contributed by atoms with van der Waals surface area (Å²) in [5, 5.41) is 3.44. The van der Waals surface area contributed by atoms with Crippen LogP contribution in [-0.2, 0) is 6.54 Å². The summed E-state index contributed by atoms with van der Waals surface area (Å²) in [7, 11) is 0. The van der Waals surface area contributed by atoms with Crippen molar-refractivity contribution >= 4 is 11.8 Å². The molecule has 2 aromatic rings. The Bertz CT molecular complexity index is 528. The zero-order valence-electron chi connectivity index (χ0n) is 12.7. The van der Waals surface area contributed by atoms with Crippen LogP contribution in [0.2, 0.25) is 0 Å². The van der Waals surface area contributed by atoms with Gasteiger partial charge in [0.25, 0.3) is 0 Å². The van der Waals surface area contributed by atoms with Crippen molar-refractivity contribution in [3.63, 3.8) is 0 Å². The Morgan fingerprint density at radius 2 is 1.86 bits per heavy atom. The first kappa shape index (κ1) is 15.9. The van der Waals surface area contributed by atoms with Crippen molar-refractivity contribution in [1.82, 2.24) is 5.32 Å². The Labute approximate surface area is 131 Å². The van der Waals surface area contributed by atoms with E-state index >= 15 is 0 Å². The van der Waals surface area contributed by atoms with Gasteiger partial charge in [-0.2, -0.15) is 0 Å². The Morgan fingerprint density at radius 1 is 1.05 bits per heavy atom. The van der Waals surface area contributed by atoms with E-state index in [1.54, 1.807) is 0 Å². The molecule has 0 heterocycles. The van der Waals surface area contributed by atoms with Crippen LogP contribution in [0.15, 0.2) is 59.5 Å². The number of hydrogen-bond acceptors (Lipinski definition) is 3. The van der Waals surface area contributed by atoms with Crippen molar-refractivity contribution in [2.75, 3.05) is 12.4 Å². The zero-order valence-corrected chi connectivity index (χ0v) is 13.5. The van der Waals surface area contributed by atoms with Crippen LogP contribution < -0.4 is 10.1 Å². The van der Waals surface area contributed by atoms with Gasteiger partial charge in [-0.05, 0) is 29.8 Å². The quantitative estimate of drug-likeness (QED) is 0.578. The van der Waals surface area contributed by atoms with Crippen LogP contribution in [0.25, 0.3) is 0 Å². The number of hydrogen-bond donors (Lipinski definition) is 1. The van der Waals surface area contributed by atoms with Crippen molar-refractivity contribution in [3.05, 3.63) is 60.2 Å². The lowest BCUT2D eigenvalue weighted by Crippen LogP contribution is -2.21. The normalized spacial score (nSPS) is 10.8. The number of benzene rings is 2. The number of thioether (sulfide) groups is 1. The van der Waals surface area contributed by atoms with E-state index in [1.165, 1.54) is 10.5 Å². The third-order valence-electron chi connectivity index (χ3n) is 2.98. The lowest BCUT2D eigenvalue weighted by atomic mass is 10.2. The maximum absolute atomic E-state index is 5.70. The van der Waals surface area contributed by atoms with Gasteiger partial charge in [0.1, 0.15) is 5.75 Å². The van der Waals surface area contributed by atoms with Crippen LogP contribution in [0.3, 0.4) is 0 Å². The minimum Gasteiger partial charge on any atom is -0.493 e. The van der Waals surface area contributed by atoms with Gasteiger partial charge in [-0.3, -0.25) is 0 Å². The third-order valence-corrected chi connectivity index (χ3v) is 3.93. The average molecular weight is 301 g/mol. The van der Waals surface area contributed by atoms with Crippen molar-refractivity contribution in [3.8, 4) is 5.75 Å². The molecule has 0 spiro atoms. The summed E-state index contributed by atoms with van der Waals surface area (Å²) < 4.78 is 5.70. The van der Waals surface area contributed by atoms with Gasteiger partial charge >= 0.3 is 0 Å². The van der Waals surface area contributed by atoms with E-state index in [4.69, 9.17) is 4.74 Å². The highest BCUT2D eigenvalue weighted by molar-refractivity contribution is 7.99. The Morgan fingerprint density at radius 3 is 2.62 bits per heavy atom. The van der Waals surface area contributed by atoms with E-state index in [2.05, 4.69) is 43.4 Å². The molecular formula is C18H23NOS. The summed E-state index contributed by atoms with van der Waals surface area (Å²) in [4.78, 5) is 1.30. The predicted molar refractivity (Wildman–Crippen MR) is 91.1 cm³/mol. The molecule has 112 valence electrons. The Hall–Kier alpha value is -1.45. The predicted octanol–water partition coefficient (Wildman–Crippen LogP) is 4.36. The first-order valence-electron chi connectivity index (χ1n) is 7.37. The smallest absolute Gasteiger partial charge is 0.119 e. The molecule has 0 saturated carbocycles. The molecule has 3 heteroatoms. The highest BCUT2D eigenvalue weighted by atomic mass is 32.2. The van der Waals surface area contributed by atoms with Crippen molar-refractivity contribution in [2.24, 2.45) is 0 Å². The number of nitrogens with one attached hydrogen (secondary N) is 1. The molecule has 0 aliphatic rings. The van der Waals surface area contributed by atoms with Crippen LogP contribution in [0.1, 0.15) is 19.4 Å². The fourth-order valence-corrected chi connectivity index (χ4v) is 2.71. The molecule has 0 atom stereocenters. The third kappa shape index (κ3) is 6.23. The molecule has 0 aliphatic carbocycles. The van der Waals surface area contributed by atoms with E-state index in [-0.39, 0.29) is 0 Å². The van der Waals surface area contributed by atoms with E-state index < -0.39 is 0 Å². The number of ether oxygens (including phenoxy) is 1. The van der Waals surface area contributed by atoms with Gasteiger partial charge < -0.3 is 10.1 Å². The maximum atomic E-state index is 5.70. The summed E-state index contributed by atoms with van der Waals surface area (Å²) >= 11 is 1.84. The molecule has 1 N–H and O–H groups in total. The molecule has 0 unspecified atom stereocenters. The van der Waals surface area contributed by atoms with Crippen LogP contribution in [0.5, 0.6) is 5.75 Å². The van der Waals surface area contributed by atoms with Crippen molar-refractivity contribution in [2.45, 2.75) is 31.3 Å². The van der Waals surface area contributed by atoms with E-state index in [0.29, 0.717) is 6.04 Å². The van der Waals surface area contributed by atoms with E-state index in [0.717, 1.165) is 24.7 Å². The van der Waals surface area contributed by atoms with Crippen LogP contribution in [0.4, 0.5) is 0 Å². The van der Waals surface area contributed by atoms with Crippen molar-refractivity contribution in [1.29, 1.82) is 0 Å². The van der Waals surface area contributed by atoms with Crippen LogP contribution in [-0.4, -0.2) is 18.4 Å². The highest BCUT2D eigenvalue weighted by Crippen LogP contribution is 2.19. The molecule has 2 rings (SSSR count). The molecule has 0 aromatic heterocycles. The van der Waals surface area contributed by atoms with Gasteiger partial charge in [-0.25, -0.2) is 0 Å². The molecule has 2 aromatic carbocycles. The first-order valence-corrected chi connectivity index (χ1v) is 8.35. The largest absolute Gasteiger partial charge is 0.493 e. The SMILES string of the molecule is CC(C)NCc1cccc(SCCOc2ccccc2)c1. The van der Waals surface area contributed by atoms with E-state index in [9.17, 15) is 0 Å². The average Bonchev–Trinajstić information content (AvgIpc) is 2.51. The van der Waals surface area contributed by atoms with Crippen LogP contribution in [0, 0.1) is 0 Å². The standard InChI is InChI=1S/C18H23NOS/c1-15(2)19-14-16-7-6-10-18(13-16)21-12-11-20-17-8-4-3-5-9-17/h3-10,13,15,19H,11-12,14H2,1-2H3. The van der Waals surface area contributed by atoms with Crippen molar-refractivity contribution < 1.29 is 4.74 Å². The molecule has 2 nitrogen and oxygen atoms in total. The van der Waals surface area contributed by atoms with E-state index in [1.807, 2.05) is 42.1 Å². The highest BCUT2D eigenvalue weighted by Gasteiger charge is 1.99. The maximum Gasteiger partial charge on any atom is 0.119 e. The Kier molecular flexibility index (Phi) is 6.64. The number of para-hydroxylation sites is 1. The molecular weight excluding hydrogens is 278 g/mol. The topological polar surface area (TPSA) is 21.3 Å². The summed E-state index contributed by atoms with van der Waals surface area (Å²) in [5.74, 6) is 1.89. The molecule has 0 radical (unpaired) electrons. The van der Waals surface area contributed by atoms with Gasteiger partial charge in [0, 0.05) is 23.2 Å². The Balaban J connectivity index is 1.74. The minimum atomic E-state index is 0.514. The van der Waals surface area contributed by atoms with Gasteiger partial charge in [0.05, 0.1) is 6.61 Å². The second kappa shape index (κ2) is 8.75. The monoisotopic (exact) mass is 301 g/mol. The summed E-state index contributed by atoms with van der Waals surface area (Å²) in [6.45, 7) is 5.98. The summed E-state index contributed by atoms with van der Waals surface area (Å²) in [6, 6.07) is 19.2. The van der Waals surface area contributed by atoms with Gasteiger partial charge in [-0.15, -0.1) is 11.8 Å². The lowest BCUT2D eigenvalue weighted by molar-refractivity contribution is 0.344. The lowest BCUT2D eigenvalue weighted by Gasteiger charge is -2.09. The minimum absolute atomic E-state index is 0.514. The fraction of sp³-hybridized carbons (Fsp3) is 0.333. The zero-order chi connectivity index (χ0) is 14.9. The summed E-state index contributed by atoms with van der Waals surface area (Å²) in [5.41, 5.74) is 1.33. The summed E-state index contributed by atoms with van der Waals surface area (Å²) in [6.07, 6.45) is 0. The number of rotatable bonds is 8. The van der Waals surface area contributed by atoms with Gasteiger partial charge in [0.2, 0.25) is 0 Å². The molecule has 0 aliphatic heterocycles. The molecule has 0 saturated heterocycles. The second-order valence-electron chi connectivity index (χ2n) is 5.19.